The van der Waals surface area contributed by atoms with Crippen LogP contribution in [0.1, 0.15) is 5.56 Å². The second-order valence-corrected chi connectivity index (χ2v) is 4.55. The Hall–Kier alpha value is -2.15. The molecule has 0 aromatic heterocycles. The van der Waals surface area contributed by atoms with Crippen LogP contribution in [0, 0.1) is 12.3 Å². The Bertz CT molecular complexity index is 599. The molecule has 0 aliphatic heterocycles. The molecule has 0 saturated carbocycles. The van der Waals surface area contributed by atoms with Crippen molar-refractivity contribution in [1.29, 1.82) is 0 Å². The van der Waals surface area contributed by atoms with E-state index in [0.29, 0.717) is 18.0 Å². The van der Waals surface area contributed by atoms with Gasteiger partial charge in [0.05, 0.1) is 20.8 Å². The molecule has 0 spiro atoms. The first-order valence-corrected chi connectivity index (χ1v) is 7.05. The van der Waals surface area contributed by atoms with E-state index in [9.17, 15) is 4.79 Å². The zero-order valence-corrected chi connectivity index (χ0v) is 16.1. The molecule has 1 amide bonds. The maximum atomic E-state index is 11.3. The summed E-state index contributed by atoms with van der Waals surface area (Å²) in [7, 11) is 3.19. The number of benzene rings is 1. The van der Waals surface area contributed by atoms with Crippen molar-refractivity contribution in [3.8, 4) is 23.8 Å². The van der Waals surface area contributed by atoms with Crippen LogP contribution in [0.15, 0.2) is 23.2 Å². The summed E-state index contributed by atoms with van der Waals surface area (Å²) < 4.78 is 10.4. The second kappa shape index (κ2) is 12.3. The molecule has 0 atom stereocenters. The quantitative estimate of drug-likeness (QED) is 0.234. The summed E-state index contributed by atoms with van der Waals surface area (Å²) in [6.07, 6.45) is 5.76. The largest absolute Gasteiger partial charge is 0.493 e. The molecule has 0 aliphatic carbocycles. The first-order valence-electron chi connectivity index (χ1n) is 7.05. The average molecular weight is 446 g/mol. The van der Waals surface area contributed by atoms with Crippen LogP contribution < -0.4 is 25.8 Å². The Kier molecular flexibility index (Phi) is 11.2. The highest BCUT2D eigenvalue weighted by atomic mass is 127. The number of carbonyl (C=O) groups excluding carboxylic acids is 1. The Morgan fingerprint density at radius 2 is 2.00 bits per heavy atom. The van der Waals surface area contributed by atoms with Gasteiger partial charge in [0.1, 0.15) is 6.54 Å². The van der Waals surface area contributed by atoms with E-state index in [-0.39, 0.29) is 48.9 Å². The summed E-state index contributed by atoms with van der Waals surface area (Å²) in [6.45, 7) is 0.703. The van der Waals surface area contributed by atoms with Crippen molar-refractivity contribution in [3.63, 3.8) is 0 Å². The van der Waals surface area contributed by atoms with Gasteiger partial charge in [-0.15, -0.1) is 30.4 Å². The molecule has 1 aromatic carbocycles. The van der Waals surface area contributed by atoms with Gasteiger partial charge in [-0.25, -0.2) is 4.99 Å². The molecule has 4 N–H and O–H groups in total. The van der Waals surface area contributed by atoms with Gasteiger partial charge in [-0.05, 0) is 24.1 Å². The third kappa shape index (κ3) is 7.92. The molecule has 132 valence electrons. The van der Waals surface area contributed by atoms with Gasteiger partial charge in [0.25, 0.3) is 0 Å². The van der Waals surface area contributed by atoms with Crippen molar-refractivity contribution in [3.05, 3.63) is 23.8 Å². The van der Waals surface area contributed by atoms with Crippen LogP contribution in [0.4, 0.5) is 0 Å². The van der Waals surface area contributed by atoms with Gasteiger partial charge in [-0.2, -0.15) is 0 Å². The maximum absolute atomic E-state index is 11.3. The number of guanidine groups is 1. The van der Waals surface area contributed by atoms with Crippen LogP contribution in [0.25, 0.3) is 0 Å². The smallest absolute Gasteiger partial charge is 0.242 e. The zero-order chi connectivity index (χ0) is 17.1. The molecule has 1 aromatic rings. The Labute approximate surface area is 159 Å². The zero-order valence-electron chi connectivity index (χ0n) is 13.8. The van der Waals surface area contributed by atoms with E-state index in [1.165, 1.54) is 0 Å². The lowest BCUT2D eigenvalue weighted by molar-refractivity contribution is -0.119. The summed E-state index contributed by atoms with van der Waals surface area (Å²) in [6, 6.07) is 5.70. The van der Waals surface area contributed by atoms with E-state index in [1.54, 1.807) is 14.2 Å². The molecule has 0 unspecified atom stereocenters. The monoisotopic (exact) mass is 446 g/mol. The second-order valence-electron chi connectivity index (χ2n) is 4.55. The van der Waals surface area contributed by atoms with Gasteiger partial charge in [-0.1, -0.05) is 12.0 Å². The minimum Gasteiger partial charge on any atom is -0.493 e. The summed E-state index contributed by atoms with van der Waals surface area (Å²) in [5.41, 5.74) is 6.75. The lowest BCUT2D eigenvalue weighted by atomic mass is 10.1. The van der Waals surface area contributed by atoms with Crippen molar-refractivity contribution in [2.24, 2.45) is 10.7 Å². The van der Waals surface area contributed by atoms with Crippen molar-refractivity contribution in [2.45, 2.75) is 6.42 Å². The number of halogens is 1. The summed E-state index contributed by atoms with van der Waals surface area (Å²) >= 11 is 0. The SMILES string of the molecule is C#CCNC(=O)CN=C(N)NCCc1ccc(OC)c(OC)c1.I. The molecule has 0 bridgehead atoms. The molecule has 24 heavy (non-hydrogen) atoms. The van der Waals surface area contributed by atoms with E-state index in [1.807, 2.05) is 18.2 Å². The van der Waals surface area contributed by atoms with Crippen molar-refractivity contribution >= 4 is 35.8 Å². The number of hydrogen-bond acceptors (Lipinski definition) is 4. The number of ether oxygens (including phenoxy) is 2. The molecular formula is C16H23IN4O3. The highest BCUT2D eigenvalue weighted by Crippen LogP contribution is 2.27. The lowest BCUT2D eigenvalue weighted by Gasteiger charge is -2.10. The van der Waals surface area contributed by atoms with Gasteiger partial charge >= 0.3 is 0 Å². The summed E-state index contributed by atoms with van der Waals surface area (Å²) in [5, 5.41) is 5.45. The van der Waals surface area contributed by atoms with Crippen LogP contribution in [0.5, 0.6) is 11.5 Å². The number of nitrogens with one attached hydrogen (secondary N) is 2. The molecule has 0 heterocycles. The average Bonchev–Trinajstić information content (AvgIpc) is 2.57. The van der Waals surface area contributed by atoms with Crippen molar-refractivity contribution in [1.82, 2.24) is 10.6 Å². The van der Waals surface area contributed by atoms with Crippen LogP contribution in [0.2, 0.25) is 0 Å². The van der Waals surface area contributed by atoms with Gasteiger partial charge < -0.3 is 25.8 Å². The predicted molar refractivity (Wildman–Crippen MR) is 105 cm³/mol. The molecule has 0 aliphatic rings. The highest BCUT2D eigenvalue weighted by molar-refractivity contribution is 14.0. The van der Waals surface area contributed by atoms with E-state index >= 15 is 0 Å². The van der Waals surface area contributed by atoms with Crippen LogP contribution in [-0.4, -0.2) is 45.7 Å². The molecular weight excluding hydrogens is 423 g/mol. The number of methoxy groups -OCH3 is 2. The fourth-order valence-electron chi connectivity index (χ4n) is 1.79. The predicted octanol–water partition coefficient (Wildman–Crippen LogP) is 0.518. The molecule has 0 radical (unpaired) electrons. The van der Waals surface area contributed by atoms with Gasteiger partial charge in [-0.3, -0.25) is 4.79 Å². The maximum Gasteiger partial charge on any atom is 0.242 e. The van der Waals surface area contributed by atoms with Gasteiger partial charge in [0.2, 0.25) is 5.91 Å². The Morgan fingerprint density at radius 3 is 2.62 bits per heavy atom. The Balaban J connectivity index is 0.00000529. The van der Waals surface area contributed by atoms with Crippen LogP contribution >= 0.6 is 24.0 Å². The normalized spacial score (nSPS) is 10.1. The Morgan fingerprint density at radius 1 is 1.29 bits per heavy atom. The number of carbonyl (C=O) groups is 1. The number of aliphatic imine (C=N–C) groups is 1. The first kappa shape index (κ1) is 21.9. The van der Waals surface area contributed by atoms with Gasteiger partial charge in [0.15, 0.2) is 17.5 Å². The number of nitrogens with two attached hydrogens (primary N) is 1. The molecule has 0 fully saturated rings. The molecule has 8 heteroatoms. The third-order valence-corrected chi connectivity index (χ3v) is 2.95. The van der Waals surface area contributed by atoms with Crippen LogP contribution in [-0.2, 0) is 11.2 Å². The summed E-state index contributed by atoms with van der Waals surface area (Å²) in [5.74, 6) is 3.61. The fourth-order valence-corrected chi connectivity index (χ4v) is 1.79. The molecule has 7 nitrogen and oxygen atoms in total. The van der Waals surface area contributed by atoms with Crippen molar-refractivity contribution in [2.75, 3.05) is 33.9 Å². The van der Waals surface area contributed by atoms with Gasteiger partial charge in [0, 0.05) is 6.54 Å². The summed E-state index contributed by atoms with van der Waals surface area (Å²) in [4.78, 5) is 15.2. The number of amides is 1. The first-order chi connectivity index (χ1) is 11.1. The highest BCUT2D eigenvalue weighted by Gasteiger charge is 2.04. The van der Waals surface area contributed by atoms with Crippen LogP contribution in [0.3, 0.4) is 0 Å². The van der Waals surface area contributed by atoms with Crippen molar-refractivity contribution < 1.29 is 14.3 Å². The van der Waals surface area contributed by atoms with E-state index in [2.05, 4.69) is 21.5 Å². The van der Waals surface area contributed by atoms with E-state index in [4.69, 9.17) is 21.6 Å². The number of terminal acetylenes is 1. The lowest BCUT2D eigenvalue weighted by Crippen LogP contribution is -2.35. The molecule has 0 saturated heterocycles. The minimum atomic E-state index is -0.271. The topological polar surface area (TPSA) is 98.0 Å². The molecule has 1 rings (SSSR count). The standard InChI is InChI=1S/C16H22N4O3.HI/c1-4-8-18-15(21)11-20-16(17)19-9-7-12-5-6-13(22-2)14(10-12)23-3;/h1,5-6,10H,7-9,11H2,2-3H3,(H,18,21)(H3,17,19,20);1H. The van der Waals surface area contributed by atoms with E-state index < -0.39 is 0 Å². The number of rotatable bonds is 8. The third-order valence-electron chi connectivity index (χ3n) is 2.95. The van der Waals surface area contributed by atoms with E-state index in [0.717, 1.165) is 12.0 Å². The minimum absolute atomic E-state index is 0. The number of nitrogens with zero attached hydrogens (tertiary/aromatic N) is 1. The number of hydrogen-bond donors (Lipinski definition) is 3. The fraction of sp³-hybridized carbons (Fsp3) is 0.375.